The van der Waals surface area contributed by atoms with E-state index in [4.69, 9.17) is 56.0 Å². The summed E-state index contributed by atoms with van der Waals surface area (Å²) in [6.45, 7) is 5.51. The molecule has 4 N–H and O–H groups in total. The second-order valence-electron chi connectivity index (χ2n) is 31.8. The molecule has 0 heterocycles. The van der Waals surface area contributed by atoms with Gasteiger partial charge in [0.05, 0.1) is 78.5 Å². The predicted molar refractivity (Wildman–Crippen MR) is 464 cm³/mol. The monoisotopic (exact) mass is 1730 g/mol. The number of unbranched alkanes of at least 4 members (excludes halogenated alkanes) is 50. The quantitative estimate of drug-likeness (QED) is 0.0190. The number of hydrogen-bond donors (Lipinski definition) is 4. The molecule has 0 aliphatic rings. The van der Waals surface area contributed by atoms with Gasteiger partial charge in [0.1, 0.15) is 26.4 Å². The Morgan fingerprint density at radius 2 is 0.458 bits per heavy atom. The lowest BCUT2D eigenvalue weighted by Crippen LogP contribution is -2.30. The Morgan fingerprint density at radius 3 is 0.703 bits per heavy atom. The van der Waals surface area contributed by atoms with Crippen molar-refractivity contribution >= 4 is 63.3 Å². The first kappa shape index (κ1) is 114. The van der Waals surface area contributed by atoms with Gasteiger partial charge in [-0.1, -0.05) is 349 Å². The molecule has 26 nitrogen and oxygen atoms in total. The van der Waals surface area contributed by atoms with Crippen LogP contribution in [0.4, 0.5) is 0 Å². The Kier molecular flexibility index (Phi) is 83.4. The molecule has 0 aromatic rings. The van der Waals surface area contributed by atoms with Gasteiger partial charge in [-0.25, -0.2) is 9.13 Å². The molecule has 0 rings (SSSR count). The average Bonchev–Trinajstić information content (AvgIpc) is 0.911. The van der Waals surface area contributed by atoms with E-state index in [1.807, 2.05) is 0 Å². The minimum absolute atomic E-state index is 0.00995. The highest BCUT2D eigenvalue weighted by Crippen LogP contribution is 2.44. The fraction of sp³-hybridized carbons (Fsp3) is 0.911. The van der Waals surface area contributed by atoms with E-state index in [1.54, 1.807) is 0 Å². The number of carbonyl (C=O) groups is 8. The zero-order chi connectivity index (χ0) is 86.4. The summed E-state index contributed by atoms with van der Waals surface area (Å²) in [7, 11) is -9.43. The molecule has 0 saturated carbocycles. The third kappa shape index (κ3) is 85.5. The van der Waals surface area contributed by atoms with Crippen molar-refractivity contribution in [3.8, 4) is 0 Å². The fourth-order valence-corrected chi connectivity index (χ4v) is 14.8. The number of rotatable bonds is 93. The average molecular weight is 1730 g/mol. The lowest BCUT2D eigenvalue weighted by atomic mass is 10.0. The molecule has 0 fully saturated rings. The number of esters is 6. The number of carbonyl (C=O) groups excluding carboxylic acids is 8. The first-order valence-electron chi connectivity index (χ1n) is 47.3. The molecule has 0 aromatic heterocycles. The van der Waals surface area contributed by atoms with Crippen LogP contribution in [0.1, 0.15) is 426 Å². The molecule has 2 amide bonds. The molecule has 0 bridgehead atoms. The van der Waals surface area contributed by atoms with E-state index >= 15 is 0 Å². The Morgan fingerprint density at radius 1 is 0.237 bits per heavy atom. The highest BCUT2D eigenvalue weighted by Gasteiger charge is 2.28. The molecule has 0 aromatic carbocycles. The van der Waals surface area contributed by atoms with Crippen molar-refractivity contribution in [1.82, 2.24) is 10.6 Å². The predicted octanol–water partition coefficient (Wildman–Crippen LogP) is 21.8. The summed E-state index contributed by atoms with van der Waals surface area (Å²) in [5.41, 5.74) is 0. The molecule has 694 valence electrons. The van der Waals surface area contributed by atoms with Crippen molar-refractivity contribution in [3.05, 3.63) is 0 Å². The molecule has 4 atom stereocenters. The van der Waals surface area contributed by atoms with Crippen LogP contribution in [0.5, 0.6) is 0 Å². The molecule has 118 heavy (non-hydrogen) atoms. The number of phosphoric ester groups is 2. The van der Waals surface area contributed by atoms with Crippen LogP contribution in [0.25, 0.3) is 0 Å². The van der Waals surface area contributed by atoms with E-state index in [0.29, 0.717) is 25.7 Å². The summed E-state index contributed by atoms with van der Waals surface area (Å²) in [6.07, 6.45) is 61.0. The maximum absolute atomic E-state index is 13.0. The van der Waals surface area contributed by atoms with Crippen LogP contribution in [0.3, 0.4) is 0 Å². The van der Waals surface area contributed by atoms with Gasteiger partial charge in [0.15, 0.2) is 12.2 Å². The number of phosphoric acid groups is 2. The Bertz CT molecular complexity index is 2480. The standard InChI is InChI=1S/C90H170N2O24P2/c1-5-9-13-17-21-25-29-33-35-37-41-44-48-52-56-60-86(96)110-78-82(116-90(100)62-58-54-50-46-42-38-36-34-30-26-22-18-14-10-6-2)80-114-118(103,104)112-74-68-92-84(94)64-72-108-88(98)66-70-106-76-75-105-69-65-87(97)107-71-63-83(93)91-67-73-111-117(101,102)113-79-81(115-89(99)61-57-53-49-45-40-32-28-24-20-16-12-8-4)77-109-85(95)59-55-51-47-43-39-31-27-23-19-15-11-7-3/h81-82H,5-80H2,1-4H3,(H,91,93)(H,92,94)(H,101,102)(H,103,104). The number of hydrogen-bond acceptors (Lipinski definition) is 22. The van der Waals surface area contributed by atoms with Crippen LogP contribution in [-0.2, 0) is 103 Å². The van der Waals surface area contributed by atoms with Crippen molar-refractivity contribution in [1.29, 1.82) is 0 Å². The van der Waals surface area contributed by atoms with Crippen LogP contribution in [0.15, 0.2) is 0 Å². The van der Waals surface area contributed by atoms with Crippen LogP contribution < -0.4 is 10.6 Å². The third-order valence-corrected chi connectivity index (χ3v) is 22.5. The van der Waals surface area contributed by atoms with Gasteiger partial charge in [-0.3, -0.25) is 56.5 Å². The van der Waals surface area contributed by atoms with Crippen molar-refractivity contribution < 1.29 is 113 Å². The van der Waals surface area contributed by atoms with Gasteiger partial charge in [-0.05, 0) is 25.7 Å². The van der Waals surface area contributed by atoms with Crippen LogP contribution in [0.2, 0.25) is 0 Å². The minimum Gasteiger partial charge on any atom is -0.465 e. The Labute approximate surface area is 714 Å². The largest absolute Gasteiger partial charge is 0.472 e. The molecular weight excluding hydrogens is 1550 g/mol. The van der Waals surface area contributed by atoms with Crippen LogP contribution in [-0.4, -0.2) is 162 Å². The second kappa shape index (κ2) is 86.4. The van der Waals surface area contributed by atoms with Crippen molar-refractivity contribution in [2.75, 3.05) is 92.4 Å². The molecule has 0 aliphatic heterocycles. The maximum atomic E-state index is 13.0. The maximum Gasteiger partial charge on any atom is 0.472 e. The van der Waals surface area contributed by atoms with Gasteiger partial charge in [0.2, 0.25) is 11.8 Å². The van der Waals surface area contributed by atoms with Crippen LogP contribution >= 0.6 is 15.6 Å². The Hall–Kier alpha value is -4.10. The SMILES string of the molecule is CCCCCCCCCCCCCCCCCC(=O)OCC(COP(=O)(O)OCCNC(=O)CCOC(=O)CCOCCOCCC(=O)OCCC(=O)NCCOP(=O)(O)OCC(COC(=O)CCCCCCCCCCCCCC)OC(=O)CCCCCCCCCCCCCC)OC(=O)CCCCCCCCCCCCCCCCC. The van der Waals surface area contributed by atoms with E-state index in [-0.39, 0.29) is 117 Å². The zero-order valence-electron chi connectivity index (χ0n) is 74.7. The molecule has 28 heteroatoms. The highest BCUT2D eigenvalue weighted by molar-refractivity contribution is 7.47. The van der Waals surface area contributed by atoms with Crippen LogP contribution in [0, 0.1) is 0 Å². The molecule has 0 radical (unpaired) electrons. The third-order valence-electron chi connectivity index (χ3n) is 20.6. The molecule has 4 unspecified atom stereocenters. The molecule has 0 spiro atoms. The fourth-order valence-electron chi connectivity index (χ4n) is 13.3. The first-order chi connectivity index (χ1) is 57.3. The number of ether oxygens (including phenoxy) is 8. The molecular formula is C90H170N2O24P2. The van der Waals surface area contributed by atoms with Gasteiger partial charge in [-0.15, -0.1) is 0 Å². The van der Waals surface area contributed by atoms with E-state index < -0.39 is 102 Å². The van der Waals surface area contributed by atoms with Crippen molar-refractivity contribution in [3.63, 3.8) is 0 Å². The topological polar surface area (TPSA) is 346 Å². The summed E-state index contributed by atoms with van der Waals surface area (Å²) >= 11 is 0. The first-order valence-corrected chi connectivity index (χ1v) is 50.3. The summed E-state index contributed by atoms with van der Waals surface area (Å²) < 4.78 is 89.2. The summed E-state index contributed by atoms with van der Waals surface area (Å²) in [6, 6.07) is 0. The van der Waals surface area contributed by atoms with E-state index in [9.17, 15) is 57.3 Å². The smallest absolute Gasteiger partial charge is 0.465 e. The summed E-state index contributed by atoms with van der Waals surface area (Å²) in [5.74, 6) is -4.28. The summed E-state index contributed by atoms with van der Waals surface area (Å²) in [4.78, 5) is 122. The number of amides is 2. The van der Waals surface area contributed by atoms with E-state index in [1.165, 1.54) is 244 Å². The van der Waals surface area contributed by atoms with Gasteiger partial charge in [0.25, 0.3) is 0 Å². The zero-order valence-corrected chi connectivity index (χ0v) is 76.5. The molecule has 0 aliphatic carbocycles. The minimum atomic E-state index is -4.72. The van der Waals surface area contributed by atoms with Gasteiger partial charge in [0, 0.05) is 38.8 Å². The van der Waals surface area contributed by atoms with Gasteiger partial charge < -0.3 is 58.3 Å². The van der Waals surface area contributed by atoms with Crippen molar-refractivity contribution in [2.45, 2.75) is 438 Å². The summed E-state index contributed by atoms with van der Waals surface area (Å²) in [5, 5.41) is 5.01. The van der Waals surface area contributed by atoms with Gasteiger partial charge >= 0.3 is 51.5 Å². The van der Waals surface area contributed by atoms with E-state index in [2.05, 4.69) is 38.3 Å². The number of nitrogens with one attached hydrogen (secondary N) is 2. The van der Waals surface area contributed by atoms with Crippen molar-refractivity contribution in [2.24, 2.45) is 0 Å². The second-order valence-corrected chi connectivity index (χ2v) is 34.7. The normalized spacial score (nSPS) is 13.0. The van der Waals surface area contributed by atoms with E-state index in [0.717, 1.165) is 77.0 Å². The lowest BCUT2D eigenvalue weighted by Gasteiger charge is -2.20. The Balaban J connectivity index is 4.60. The molecule has 0 saturated heterocycles. The van der Waals surface area contributed by atoms with Gasteiger partial charge in [-0.2, -0.15) is 0 Å². The lowest BCUT2D eigenvalue weighted by molar-refractivity contribution is -0.161. The highest BCUT2D eigenvalue weighted by atomic mass is 31.2.